The summed E-state index contributed by atoms with van der Waals surface area (Å²) in [6.07, 6.45) is 2.01. The molecule has 3 N–H and O–H groups in total. The second kappa shape index (κ2) is 5.32. The topological polar surface area (TPSA) is 104 Å². The molecular weight excluding hydrogens is 326 g/mol. The highest BCUT2D eigenvalue weighted by Gasteiger charge is 2.54. The van der Waals surface area contributed by atoms with Gasteiger partial charge in [-0.3, -0.25) is 10.1 Å². The zero-order valence-corrected chi connectivity index (χ0v) is 13.6. The van der Waals surface area contributed by atoms with Gasteiger partial charge in [0.1, 0.15) is 9.75 Å². The molecule has 1 aromatic rings. The van der Waals surface area contributed by atoms with Crippen molar-refractivity contribution in [2.75, 3.05) is 6.54 Å². The van der Waals surface area contributed by atoms with Crippen LogP contribution in [0, 0.1) is 12.8 Å². The van der Waals surface area contributed by atoms with Gasteiger partial charge in [0.2, 0.25) is 10.0 Å². The summed E-state index contributed by atoms with van der Waals surface area (Å²) in [5.41, 5.74) is -0.269. The molecular formula is C13H17N3O4S2. The van der Waals surface area contributed by atoms with E-state index in [1.165, 1.54) is 0 Å². The van der Waals surface area contributed by atoms with Crippen LogP contribution in [0.3, 0.4) is 0 Å². The zero-order valence-electron chi connectivity index (χ0n) is 12.0. The fourth-order valence-electron chi connectivity index (χ4n) is 3.23. The summed E-state index contributed by atoms with van der Waals surface area (Å²) in [6, 6.07) is 1.25. The van der Waals surface area contributed by atoms with Crippen molar-refractivity contribution in [3.05, 3.63) is 17.0 Å². The van der Waals surface area contributed by atoms with Crippen LogP contribution in [-0.4, -0.2) is 32.4 Å². The number of carbonyl (C=O) groups is 2. The molecule has 2 aliphatic rings. The Morgan fingerprint density at radius 1 is 1.45 bits per heavy atom. The van der Waals surface area contributed by atoms with Gasteiger partial charge in [-0.1, -0.05) is 6.42 Å². The SMILES string of the molecule is Cc1ccsc1S(=O)(=O)NCC1CCCC12NC(=O)NC2=O. The average Bonchev–Trinajstić information content (AvgIpc) is 3.10. The van der Waals surface area contributed by atoms with Gasteiger partial charge in [-0.15, -0.1) is 11.3 Å². The highest BCUT2D eigenvalue weighted by Crippen LogP contribution is 2.37. The molecule has 1 aliphatic carbocycles. The molecule has 2 heterocycles. The molecule has 0 bridgehead atoms. The minimum atomic E-state index is -3.59. The zero-order chi connectivity index (χ0) is 16.0. The lowest BCUT2D eigenvalue weighted by Crippen LogP contribution is -2.53. The molecule has 1 spiro atoms. The van der Waals surface area contributed by atoms with Crippen LogP contribution in [0.15, 0.2) is 15.7 Å². The van der Waals surface area contributed by atoms with Gasteiger partial charge < -0.3 is 5.32 Å². The van der Waals surface area contributed by atoms with Gasteiger partial charge in [-0.2, -0.15) is 0 Å². The van der Waals surface area contributed by atoms with Crippen LogP contribution in [0.25, 0.3) is 0 Å². The number of nitrogens with one attached hydrogen (secondary N) is 3. The molecule has 120 valence electrons. The van der Waals surface area contributed by atoms with Crippen molar-refractivity contribution < 1.29 is 18.0 Å². The largest absolute Gasteiger partial charge is 0.323 e. The molecule has 7 nitrogen and oxygen atoms in total. The minimum Gasteiger partial charge on any atom is -0.323 e. The number of amides is 3. The Kier molecular flexibility index (Phi) is 3.74. The van der Waals surface area contributed by atoms with E-state index in [2.05, 4.69) is 15.4 Å². The van der Waals surface area contributed by atoms with Crippen molar-refractivity contribution in [1.29, 1.82) is 0 Å². The Hall–Kier alpha value is -1.45. The van der Waals surface area contributed by atoms with Crippen molar-refractivity contribution in [2.24, 2.45) is 5.92 Å². The molecule has 1 saturated heterocycles. The van der Waals surface area contributed by atoms with Crippen LogP contribution in [0.1, 0.15) is 24.8 Å². The van der Waals surface area contributed by atoms with Crippen LogP contribution in [0.4, 0.5) is 4.79 Å². The lowest BCUT2D eigenvalue weighted by Gasteiger charge is -2.28. The van der Waals surface area contributed by atoms with Crippen LogP contribution >= 0.6 is 11.3 Å². The lowest BCUT2D eigenvalue weighted by atomic mass is 9.87. The lowest BCUT2D eigenvalue weighted by molar-refractivity contribution is -0.125. The molecule has 2 atom stereocenters. The van der Waals surface area contributed by atoms with E-state index in [9.17, 15) is 18.0 Å². The number of thiophene rings is 1. The molecule has 0 aromatic carbocycles. The summed E-state index contributed by atoms with van der Waals surface area (Å²) in [7, 11) is -3.59. The normalized spacial score (nSPS) is 28.1. The third kappa shape index (κ3) is 2.42. The molecule has 9 heteroatoms. The third-order valence-electron chi connectivity index (χ3n) is 4.37. The fraction of sp³-hybridized carbons (Fsp3) is 0.538. The number of aryl methyl sites for hydroxylation is 1. The number of urea groups is 1. The van der Waals surface area contributed by atoms with Crippen LogP contribution in [0.2, 0.25) is 0 Å². The van der Waals surface area contributed by atoms with Crippen LogP contribution < -0.4 is 15.4 Å². The van der Waals surface area contributed by atoms with Crippen LogP contribution in [-0.2, 0) is 14.8 Å². The Labute approximate surface area is 132 Å². The van der Waals surface area contributed by atoms with E-state index < -0.39 is 21.6 Å². The van der Waals surface area contributed by atoms with E-state index in [1.807, 2.05) is 0 Å². The summed E-state index contributed by atoms with van der Waals surface area (Å²) < 4.78 is 27.5. The fourth-order valence-corrected chi connectivity index (χ4v) is 5.78. The molecule has 1 aromatic heterocycles. The van der Waals surface area contributed by atoms with Gasteiger partial charge in [0.25, 0.3) is 5.91 Å². The number of carbonyl (C=O) groups excluding carboxylic acids is 2. The number of rotatable bonds is 4. The monoisotopic (exact) mass is 343 g/mol. The first-order valence-corrected chi connectivity index (χ1v) is 9.39. The molecule has 22 heavy (non-hydrogen) atoms. The number of hydrogen-bond acceptors (Lipinski definition) is 5. The first kappa shape index (κ1) is 15.4. The van der Waals surface area contributed by atoms with Gasteiger partial charge in [-0.05, 0) is 36.8 Å². The Bertz CT molecular complexity index is 727. The predicted molar refractivity (Wildman–Crippen MR) is 81.0 cm³/mol. The van der Waals surface area contributed by atoms with Gasteiger partial charge in [0.15, 0.2) is 0 Å². The standard InChI is InChI=1S/C13H17N3O4S2/c1-8-4-6-21-10(8)22(19,20)14-7-9-3-2-5-13(9)11(17)15-12(18)16-13/h4,6,9,14H,2-3,5,7H2,1H3,(H2,15,16,17,18). The van der Waals surface area contributed by atoms with Crippen LogP contribution in [0.5, 0.6) is 0 Å². The van der Waals surface area contributed by atoms with E-state index in [1.54, 1.807) is 18.4 Å². The highest BCUT2D eigenvalue weighted by atomic mass is 32.2. The number of hydrogen-bond donors (Lipinski definition) is 3. The van der Waals surface area contributed by atoms with Crippen molar-refractivity contribution in [3.63, 3.8) is 0 Å². The molecule has 1 saturated carbocycles. The number of imide groups is 1. The second-order valence-electron chi connectivity index (χ2n) is 5.71. The summed E-state index contributed by atoms with van der Waals surface area (Å²) in [4.78, 5) is 23.5. The third-order valence-corrected chi connectivity index (χ3v) is 7.48. The van der Waals surface area contributed by atoms with Gasteiger partial charge in [0.05, 0.1) is 0 Å². The Morgan fingerprint density at radius 2 is 2.23 bits per heavy atom. The van der Waals surface area contributed by atoms with Gasteiger partial charge in [0, 0.05) is 12.5 Å². The smallest absolute Gasteiger partial charge is 0.322 e. The molecule has 1 aliphatic heterocycles. The van der Waals surface area contributed by atoms with E-state index in [-0.39, 0.29) is 18.4 Å². The maximum Gasteiger partial charge on any atom is 0.322 e. The summed E-state index contributed by atoms with van der Waals surface area (Å²) in [5, 5.41) is 6.66. The first-order chi connectivity index (χ1) is 10.3. The Balaban J connectivity index is 1.75. The Morgan fingerprint density at radius 3 is 2.82 bits per heavy atom. The van der Waals surface area contributed by atoms with Crippen molar-refractivity contribution >= 4 is 33.3 Å². The maximum atomic E-state index is 12.3. The average molecular weight is 343 g/mol. The van der Waals surface area contributed by atoms with Gasteiger partial charge in [-0.25, -0.2) is 17.9 Å². The van der Waals surface area contributed by atoms with Crippen molar-refractivity contribution in [1.82, 2.24) is 15.4 Å². The van der Waals surface area contributed by atoms with E-state index >= 15 is 0 Å². The summed E-state index contributed by atoms with van der Waals surface area (Å²) in [5.74, 6) is -0.597. The molecule has 0 radical (unpaired) electrons. The predicted octanol–water partition coefficient (Wildman–Crippen LogP) is 0.713. The quantitative estimate of drug-likeness (QED) is 0.700. The minimum absolute atomic E-state index is 0.132. The molecule has 3 rings (SSSR count). The first-order valence-electron chi connectivity index (χ1n) is 7.02. The molecule has 2 fully saturated rings. The molecule has 3 amide bonds. The van der Waals surface area contributed by atoms with Crippen molar-refractivity contribution in [2.45, 2.75) is 35.9 Å². The van der Waals surface area contributed by atoms with E-state index in [0.717, 1.165) is 17.8 Å². The second-order valence-corrected chi connectivity index (χ2v) is 8.59. The van der Waals surface area contributed by atoms with Gasteiger partial charge >= 0.3 is 6.03 Å². The summed E-state index contributed by atoms with van der Waals surface area (Å²) >= 11 is 1.16. The van der Waals surface area contributed by atoms with Crippen molar-refractivity contribution in [3.8, 4) is 0 Å². The van der Waals surface area contributed by atoms with E-state index in [0.29, 0.717) is 22.6 Å². The summed E-state index contributed by atoms with van der Waals surface area (Å²) in [6.45, 7) is 1.88. The number of sulfonamides is 1. The van der Waals surface area contributed by atoms with E-state index in [4.69, 9.17) is 0 Å². The maximum absolute atomic E-state index is 12.3. The highest BCUT2D eigenvalue weighted by molar-refractivity contribution is 7.91. The molecule has 2 unspecified atom stereocenters.